The molecule has 19 heavy (non-hydrogen) atoms. The smallest absolute Gasteiger partial charge is 0.227 e. The molecule has 2 aromatic carbocycles. The standard InChI is InChI=1S/C16H14N2S/c19-15-11-14-16(17-15)18(14,12-7-3-1-4-8-12)13-9-5-2-6-10-13/h1-10,14,16H,11H2/p+1. The average molecular weight is 267 g/mol. The van der Waals surface area contributed by atoms with Crippen molar-refractivity contribution in [3.8, 4) is 0 Å². The van der Waals surface area contributed by atoms with Crippen LogP contribution in [0.2, 0.25) is 0 Å². The molecule has 2 heterocycles. The molecule has 2 aliphatic rings. The van der Waals surface area contributed by atoms with Gasteiger partial charge >= 0.3 is 0 Å². The lowest BCUT2D eigenvalue weighted by Crippen LogP contribution is -2.36. The van der Waals surface area contributed by atoms with Gasteiger partial charge in [-0.2, -0.15) is 0 Å². The number of hydrogen-bond acceptors (Lipinski definition) is 1. The summed E-state index contributed by atoms with van der Waals surface area (Å²) in [4.78, 5) is 1.01. The number of benzene rings is 2. The van der Waals surface area contributed by atoms with Crippen LogP contribution in [-0.2, 0) is 0 Å². The maximum absolute atomic E-state index is 5.31. The molecule has 2 saturated heterocycles. The van der Waals surface area contributed by atoms with Crippen molar-refractivity contribution in [2.75, 3.05) is 0 Å². The van der Waals surface area contributed by atoms with Crippen LogP contribution in [0.15, 0.2) is 60.7 Å². The van der Waals surface area contributed by atoms with Crippen LogP contribution in [0, 0.1) is 0 Å². The zero-order valence-electron chi connectivity index (χ0n) is 10.5. The van der Waals surface area contributed by atoms with E-state index in [1.165, 1.54) is 11.4 Å². The summed E-state index contributed by atoms with van der Waals surface area (Å²) in [6.07, 6.45) is 1.40. The summed E-state index contributed by atoms with van der Waals surface area (Å²) < 4.78 is 0.905. The molecule has 0 aromatic heterocycles. The van der Waals surface area contributed by atoms with E-state index < -0.39 is 0 Å². The van der Waals surface area contributed by atoms with Gasteiger partial charge in [0.1, 0.15) is 11.4 Å². The number of nitrogens with one attached hydrogen (secondary N) is 1. The lowest BCUT2D eigenvalue weighted by Gasteiger charge is -2.23. The lowest BCUT2D eigenvalue weighted by atomic mass is 10.2. The van der Waals surface area contributed by atoms with Crippen LogP contribution in [0.4, 0.5) is 11.4 Å². The Kier molecular flexibility index (Phi) is 2.28. The predicted molar refractivity (Wildman–Crippen MR) is 82.3 cm³/mol. The van der Waals surface area contributed by atoms with Crippen molar-refractivity contribution < 1.29 is 0 Å². The topological polar surface area (TPSA) is 12.0 Å². The summed E-state index contributed by atoms with van der Waals surface area (Å²) in [5.41, 5.74) is 2.69. The molecule has 94 valence electrons. The van der Waals surface area contributed by atoms with Crippen LogP contribution in [0.25, 0.3) is 0 Å². The molecule has 0 spiro atoms. The third kappa shape index (κ3) is 1.43. The average Bonchev–Trinajstić information content (AvgIpc) is 2.89. The molecule has 2 aliphatic heterocycles. The number of nitrogens with zero attached hydrogens (tertiary/aromatic N) is 1. The van der Waals surface area contributed by atoms with Crippen LogP contribution in [-0.4, -0.2) is 17.2 Å². The van der Waals surface area contributed by atoms with Crippen LogP contribution in [0.1, 0.15) is 6.42 Å². The number of rotatable bonds is 2. The Morgan fingerprint density at radius 1 is 0.895 bits per heavy atom. The first-order valence-corrected chi connectivity index (χ1v) is 7.03. The van der Waals surface area contributed by atoms with Crippen molar-refractivity contribution in [2.24, 2.45) is 0 Å². The summed E-state index contributed by atoms with van der Waals surface area (Å²) in [6, 6.07) is 22.0. The van der Waals surface area contributed by atoms with Crippen molar-refractivity contribution in [2.45, 2.75) is 18.6 Å². The summed E-state index contributed by atoms with van der Waals surface area (Å²) in [7, 11) is 0. The molecule has 0 amide bonds. The SMILES string of the molecule is S=C1CC2C(N1)[N+]2(c1ccccc1)c1ccccc1. The molecule has 2 fully saturated rings. The molecule has 2 unspecified atom stereocenters. The van der Waals surface area contributed by atoms with E-state index in [1.807, 2.05) is 0 Å². The van der Waals surface area contributed by atoms with Crippen LogP contribution in [0.5, 0.6) is 0 Å². The van der Waals surface area contributed by atoms with Gasteiger partial charge in [-0.3, -0.25) is 0 Å². The molecule has 0 radical (unpaired) electrons. The van der Waals surface area contributed by atoms with Crippen molar-refractivity contribution in [1.82, 2.24) is 9.80 Å². The first-order chi connectivity index (χ1) is 9.33. The second-order valence-electron chi connectivity index (χ2n) is 5.23. The minimum atomic E-state index is 0.414. The molecular formula is C16H15N2S+. The highest BCUT2D eigenvalue weighted by atomic mass is 32.1. The van der Waals surface area contributed by atoms with Gasteiger partial charge in [0.25, 0.3) is 0 Å². The maximum atomic E-state index is 5.31. The number of hydrogen-bond donors (Lipinski definition) is 1. The molecule has 0 saturated carbocycles. The highest BCUT2D eigenvalue weighted by Crippen LogP contribution is 2.55. The van der Waals surface area contributed by atoms with Gasteiger partial charge in [-0.15, -0.1) is 0 Å². The monoisotopic (exact) mass is 267 g/mol. The molecule has 1 N–H and O–H groups in total. The molecule has 2 nitrogen and oxygen atoms in total. The summed E-state index contributed by atoms with van der Waals surface area (Å²) in [5.74, 6) is 0. The molecule has 0 aliphatic carbocycles. The van der Waals surface area contributed by atoms with Crippen LogP contribution in [0.3, 0.4) is 0 Å². The van der Waals surface area contributed by atoms with Crippen molar-refractivity contribution in [1.29, 1.82) is 0 Å². The van der Waals surface area contributed by atoms with Crippen molar-refractivity contribution in [3.63, 3.8) is 0 Å². The first-order valence-electron chi connectivity index (χ1n) is 6.62. The highest BCUT2D eigenvalue weighted by Gasteiger charge is 2.72. The number of fused-ring (bicyclic) bond motifs is 1. The fourth-order valence-electron chi connectivity index (χ4n) is 3.47. The zero-order chi connectivity index (χ0) is 12.9. The third-order valence-electron chi connectivity index (χ3n) is 4.31. The summed E-state index contributed by atoms with van der Waals surface area (Å²) in [6.45, 7) is 0. The van der Waals surface area contributed by atoms with Gasteiger partial charge in [-0.25, -0.2) is 4.48 Å². The minimum absolute atomic E-state index is 0.414. The lowest BCUT2D eigenvalue weighted by molar-refractivity contribution is 0.596. The zero-order valence-corrected chi connectivity index (χ0v) is 11.3. The van der Waals surface area contributed by atoms with Crippen molar-refractivity contribution in [3.05, 3.63) is 60.7 Å². The number of thiocarbonyl (C=S) groups is 1. The van der Waals surface area contributed by atoms with Gasteiger partial charge < -0.3 is 5.32 Å². The predicted octanol–water partition coefficient (Wildman–Crippen LogP) is 3.35. The number of quaternary nitrogens is 1. The van der Waals surface area contributed by atoms with E-state index in [9.17, 15) is 0 Å². The Labute approximate surface area is 118 Å². The molecule has 3 heteroatoms. The largest absolute Gasteiger partial charge is 0.325 e. The van der Waals surface area contributed by atoms with Crippen molar-refractivity contribution >= 4 is 28.6 Å². The fourth-order valence-corrected chi connectivity index (χ4v) is 3.76. The normalized spacial score (nSPS) is 26.6. The first kappa shape index (κ1) is 11.1. The Hall–Kier alpha value is -1.71. The summed E-state index contributed by atoms with van der Waals surface area (Å²) >= 11 is 5.31. The Morgan fingerprint density at radius 2 is 1.42 bits per heavy atom. The summed E-state index contributed by atoms with van der Waals surface area (Å²) in [5, 5.41) is 3.48. The van der Waals surface area contributed by atoms with Crippen LogP contribution < -0.4 is 9.80 Å². The van der Waals surface area contributed by atoms with Gasteiger partial charge in [-0.1, -0.05) is 48.6 Å². The van der Waals surface area contributed by atoms with E-state index in [0.717, 1.165) is 15.9 Å². The van der Waals surface area contributed by atoms with E-state index >= 15 is 0 Å². The second kappa shape index (κ2) is 3.89. The van der Waals surface area contributed by atoms with E-state index in [4.69, 9.17) is 12.2 Å². The van der Waals surface area contributed by atoms with Gasteiger partial charge in [0.2, 0.25) is 6.17 Å². The van der Waals surface area contributed by atoms with E-state index in [0.29, 0.717) is 12.2 Å². The Bertz CT molecular complexity index is 568. The van der Waals surface area contributed by atoms with E-state index in [2.05, 4.69) is 66.0 Å². The third-order valence-corrected chi connectivity index (χ3v) is 4.59. The molecule has 4 rings (SSSR count). The molecule has 2 atom stereocenters. The highest BCUT2D eigenvalue weighted by molar-refractivity contribution is 7.80. The Balaban J connectivity index is 1.86. The number of para-hydroxylation sites is 2. The minimum Gasteiger partial charge on any atom is -0.325 e. The van der Waals surface area contributed by atoms with Crippen LogP contribution >= 0.6 is 12.2 Å². The van der Waals surface area contributed by atoms with Gasteiger partial charge in [0.15, 0.2) is 6.04 Å². The molecule has 0 bridgehead atoms. The quantitative estimate of drug-likeness (QED) is 0.509. The molecule has 2 aromatic rings. The molecular weight excluding hydrogens is 252 g/mol. The van der Waals surface area contributed by atoms with E-state index in [1.54, 1.807) is 0 Å². The second-order valence-corrected chi connectivity index (χ2v) is 5.72. The van der Waals surface area contributed by atoms with Gasteiger partial charge in [-0.05, 0) is 24.3 Å². The Morgan fingerprint density at radius 3 is 1.84 bits per heavy atom. The fraction of sp³-hybridized carbons (Fsp3) is 0.188. The van der Waals surface area contributed by atoms with Gasteiger partial charge in [0.05, 0.1) is 11.4 Å². The maximum Gasteiger partial charge on any atom is 0.227 e. The van der Waals surface area contributed by atoms with E-state index in [-0.39, 0.29) is 0 Å². The van der Waals surface area contributed by atoms with Gasteiger partial charge in [0, 0.05) is 0 Å².